The number of nitrogens with one attached hydrogen (secondary N) is 1. The molecule has 1 aliphatic heterocycles. The van der Waals surface area contributed by atoms with E-state index in [1.165, 1.54) is 0 Å². The van der Waals surface area contributed by atoms with Crippen molar-refractivity contribution in [1.29, 1.82) is 0 Å². The third-order valence-electron chi connectivity index (χ3n) is 3.03. The van der Waals surface area contributed by atoms with E-state index in [1.807, 2.05) is 24.7 Å². The number of rotatable bonds is 3. The summed E-state index contributed by atoms with van der Waals surface area (Å²) in [5, 5.41) is 3.44. The molecule has 15 heavy (non-hydrogen) atoms. The number of imidazole rings is 1. The number of ether oxygens (including phenoxy) is 1. The molecule has 1 saturated heterocycles. The second-order valence-corrected chi connectivity index (χ2v) is 4.37. The normalized spacial score (nSPS) is 23.0. The van der Waals surface area contributed by atoms with Gasteiger partial charge in [0, 0.05) is 31.8 Å². The number of hydrogen-bond acceptors (Lipinski definition) is 3. The molecule has 2 heterocycles. The molecule has 1 fully saturated rings. The van der Waals surface area contributed by atoms with Crippen molar-refractivity contribution in [3.63, 3.8) is 0 Å². The molecule has 4 nitrogen and oxygen atoms in total. The van der Waals surface area contributed by atoms with E-state index in [4.69, 9.17) is 4.74 Å². The van der Waals surface area contributed by atoms with Crippen LogP contribution in [0.1, 0.15) is 19.0 Å². The fourth-order valence-electron chi connectivity index (χ4n) is 2.02. The van der Waals surface area contributed by atoms with Crippen LogP contribution in [-0.4, -0.2) is 28.8 Å². The summed E-state index contributed by atoms with van der Waals surface area (Å²) in [6, 6.07) is 0.424. The van der Waals surface area contributed by atoms with Gasteiger partial charge < -0.3 is 14.6 Å². The number of hydrogen-bond donors (Lipinski definition) is 1. The summed E-state index contributed by atoms with van der Waals surface area (Å²) >= 11 is 0. The van der Waals surface area contributed by atoms with Gasteiger partial charge in [0.15, 0.2) is 0 Å². The number of aromatic nitrogens is 2. The summed E-state index contributed by atoms with van der Waals surface area (Å²) in [6.07, 6.45) is 3.18. The van der Waals surface area contributed by atoms with Crippen LogP contribution in [0, 0.1) is 12.8 Å². The Morgan fingerprint density at radius 2 is 2.47 bits per heavy atom. The Morgan fingerprint density at radius 3 is 3.00 bits per heavy atom. The van der Waals surface area contributed by atoms with Crippen molar-refractivity contribution in [3.05, 3.63) is 11.9 Å². The lowest BCUT2D eigenvalue weighted by molar-refractivity contribution is 0.183. The predicted molar refractivity (Wildman–Crippen MR) is 60.0 cm³/mol. The molecule has 1 aromatic heterocycles. The first-order valence-corrected chi connectivity index (χ1v) is 5.51. The molecule has 0 bridgehead atoms. The Bertz CT molecular complexity index is 329. The monoisotopic (exact) mass is 209 g/mol. The van der Waals surface area contributed by atoms with E-state index in [1.54, 1.807) is 0 Å². The molecule has 0 amide bonds. The second kappa shape index (κ2) is 4.23. The lowest BCUT2D eigenvalue weighted by atomic mass is 10.0. The molecule has 0 aromatic carbocycles. The van der Waals surface area contributed by atoms with Crippen molar-refractivity contribution in [1.82, 2.24) is 9.55 Å². The van der Waals surface area contributed by atoms with E-state index < -0.39 is 0 Å². The lowest BCUT2D eigenvalue weighted by Gasteiger charge is -2.19. The summed E-state index contributed by atoms with van der Waals surface area (Å²) in [4.78, 5) is 4.43. The summed E-state index contributed by atoms with van der Waals surface area (Å²) in [7, 11) is 2.01. The molecule has 84 valence electrons. The average Bonchev–Trinajstić information content (AvgIpc) is 2.76. The first kappa shape index (κ1) is 10.5. The first-order valence-electron chi connectivity index (χ1n) is 5.51. The Hall–Kier alpha value is -1.03. The SMILES string of the molecule is Cc1cn(C)c(NC(C)C2CCOC2)n1. The highest BCUT2D eigenvalue weighted by Gasteiger charge is 2.22. The van der Waals surface area contributed by atoms with Gasteiger partial charge in [-0.3, -0.25) is 0 Å². The van der Waals surface area contributed by atoms with Crippen molar-refractivity contribution < 1.29 is 4.74 Å². The van der Waals surface area contributed by atoms with Gasteiger partial charge in [-0.15, -0.1) is 0 Å². The van der Waals surface area contributed by atoms with E-state index in [9.17, 15) is 0 Å². The molecule has 0 radical (unpaired) electrons. The van der Waals surface area contributed by atoms with Gasteiger partial charge in [0.2, 0.25) is 5.95 Å². The largest absolute Gasteiger partial charge is 0.381 e. The maximum atomic E-state index is 5.38. The van der Waals surface area contributed by atoms with Crippen LogP contribution in [0.15, 0.2) is 6.20 Å². The van der Waals surface area contributed by atoms with Crippen LogP contribution in [0.4, 0.5) is 5.95 Å². The summed E-state index contributed by atoms with van der Waals surface area (Å²) < 4.78 is 7.41. The Kier molecular flexibility index (Phi) is 2.95. The van der Waals surface area contributed by atoms with Crippen LogP contribution >= 0.6 is 0 Å². The zero-order valence-electron chi connectivity index (χ0n) is 9.66. The van der Waals surface area contributed by atoms with Crippen molar-refractivity contribution >= 4 is 5.95 Å². The molecule has 1 N–H and O–H groups in total. The number of anilines is 1. The number of aryl methyl sites for hydroxylation is 2. The predicted octanol–water partition coefficient (Wildman–Crippen LogP) is 1.57. The molecule has 2 atom stereocenters. The smallest absolute Gasteiger partial charge is 0.202 e. The third kappa shape index (κ3) is 2.31. The van der Waals surface area contributed by atoms with Crippen LogP contribution < -0.4 is 5.32 Å². The van der Waals surface area contributed by atoms with E-state index >= 15 is 0 Å². The van der Waals surface area contributed by atoms with Crippen molar-refractivity contribution in [3.8, 4) is 0 Å². The van der Waals surface area contributed by atoms with Crippen molar-refractivity contribution in [2.45, 2.75) is 26.3 Å². The summed E-state index contributed by atoms with van der Waals surface area (Å²) in [5.41, 5.74) is 1.05. The van der Waals surface area contributed by atoms with E-state index in [0.717, 1.165) is 31.3 Å². The maximum Gasteiger partial charge on any atom is 0.202 e. The fraction of sp³-hybridized carbons (Fsp3) is 0.727. The van der Waals surface area contributed by atoms with Crippen LogP contribution in [0.2, 0.25) is 0 Å². The quantitative estimate of drug-likeness (QED) is 0.821. The van der Waals surface area contributed by atoms with Crippen LogP contribution in [-0.2, 0) is 11.8 Å². The standard InChI is InChI=1S/C11H19N3O/c1-8-6-14(3)11(12-8)13-9(2)10-4-5-15-7-10/h6,9-10H,4-5,7H2,1-3H3,(H,12,13). The van der Waals surface area contributed by atoms with Gasteiger partial charge in [-0.05, 0) is 20.3 Å². The molecule has 0 aliphatic carbocycles. The van der Waals surface area contributed by atoms with Crippen molar-refractivity contribution in [2.24, 2.45) is 13.0 Å². The van der Waals surface area contributed by atoms with Gasteiger partial charge in [0.1, 0.15) is 0 Å². The fourth-order valence-corrected chi connectivity index (χ4v) is 2.02. The highest BCUT2D eigenvalue weighted by molar-refractivity contribution is 5.29. The van der Waals surface area contributed by atoms with E-state index in [-0.39, 0.29) is 0 Å². The minimum Gasteiger partial charge on any atom is -0.381 e. The molecule has 4 heteroatoms. The maximum absolute atomic E-state index is 5.38. The minimum atomic E-state index is 0.424. The Balaban J connectivity index is 1.98. The zero-order chi connectivity index (χ0) is 10.8. The molecule has 1 aromatic rings. The lowest BCUT2D eigenvalue weighted by Crippen LogP contribution is -2.27. The molecule has 1 aliphatic rings. The zero-order valence-corrected chi connectivity index (χ0v) is 9.66. The van der Waals surface area contributed by atoms with E-state index in [0.29, 0.717) is 12.0 Å². The molecule has 2 rings (SSSR count). The molecule has 0 saturated carbocycles. The molecular formula is C11H19N3O. The van der Waals surface area contributed by atoms with Gasteiger partial charge in [-0.25, -0.2) is 4.98 Å². The topological polar surface area (TPSA) is 39.1 Å². The third-order valence-corrected chi connectivity index (χ3v) is 3.03. The number of nitrogens with zero attached hydrogens (tertiary/aromatic N) is 2. The van der Waals surface area contributed by atoms with Gasteiger partial charge in [-0.2, -0.15) is 0 Å². The van der Waals surface area contributed by atoms with Crippen LogP contribution in [0.3, 0.4) is 0 Å². The highest BCUT2D eigenvalue weighted by atomic mass is 16.5. The Morgan fingerprint density at radius 1 is 1.67 bits per heavy atom. The molecule has 2 unspecified atom stereocenters. The Labute approximate surface area is 90.6 Å². The highest BCUT2D eigenvalue weighted by Crippen LogP contribution is 2.19. The molecular weight excluding hydrogens is 190 g/mol. The molecule has 0 spiro atoms. The van der Waals surface area contributed by atoms with Crippen molar-refractivity contribution in [2.75, 3.05) is 18.5 Å². The summed E-state index contributed by atoms with van der Waals surface area (Å²) in [5.74, 6) is 1.56. The van der Waals surface area contributed by atoms with Gasteiger partial charge >= 0.3 is 0 Å². The second-order valence-electron chi connectivity index (χ2n) is 4.37. The summed E-state index contributed by atoms with van der Waals surface area (Å²) in [6.45, 7) is 5.98. The first-order chi connectivity index (χ1) is 7.16. The van der Waals surface area contributed by atoms with E-state index in [2.05, 4.69) is 17.2 Å². The van der Waals surface area contributed by atoms with Gasteiger partial charge in [-0.1, -0.05) is 0 Å². The van der Waals surface area contributed by atoms with Crippen LogP contribution in [0.5, 0.6) is 0 Å². The minimum absolute atomic E-state index is 0.424. The van der Waals surface area contributed by atoms with Gasteiger partial charge in [0.05, 0.1) is 12.3 Å². The van der Waals surface area contributed by atoms with Crippen LogP contribution in [0.25, 0.3) is 0 Å². The van der Waals surface area contributed by atoms with Gasteiger partial charge in [0.25, 0.3) is 0 Å². The average molecular weight is 209 g/mol.